The molecule has 0 aliphatic heterocycles. The van der Waals surface area contributed by atoms with E-state index in [1.54, 1.807) is 0 Å². The number of rotatable bonds is 4. The fraction of sp³-hybridized carbons (Fsp3) is 0.364. The zero-order valence-electron chi connectivity index (χ0n) is 11.8. The van der Waals surface area contributed by atoms with Gasteiger partial charge in [0.2, 0.25) is 0 Å². The summed E-state index contributed by atoms with van der Waals surface area (Å²) in [6, 6.07) is 2.23. The zero-order valence-corrected chi connectivity index (χ0v) is 12.6. The number of hydrogen-bond donors (Lipinski definition) is 1. The molecule has 0 unspecified atom stereocenters. The zero-order chi connectivity index (χ0) is 19.8. The number of nitrogen functional groups attached to an aromatic ring is 1. The predicted octanol–water partition coefficient (Wildman–Crippen LogP) is 0.628. The molecule has 0 bridgehead atoms. The third-order valence-electron chi connectivity index (χ3n) is 2.89. The molecule has 138 valence electrons. The minimum atomic E-state index is -6.45. The number of alkyl halides is 6. The van der Waals surface area contributed by atoms with Crippen LogP contribution in [0.5, 0.6) is 0 Å². The number of carbonyl (C=O) groups is 1. The van der Waals surface area contributed by atoms with Crippen molar-refractivity contribution in [1.29, 1.82) is 0 Å². The first-order valence-corrected chi connectivity index (χ1v) is 7.53. The molecule has 1 aromatic carbocycles. The van der Waals surface area contributed by atoms with Crippen molar-refractivity contribution in [1.82, 2.24) is 0 Å². The van der Waals surface area contributed by atoms with Gasteiger partial charge < -0.3 is 15.0 Å². The molecule has 0 fully saturated rings. The number of carbonyl (C=O) groups excluding carboxylic acids is 1. The molecule has 0 aromatic heterocycles. The van der Waals surface area contributed by atoms with Crippen LogP contribution in [-0.2, 0) is 14.9 Å². The van der Waals surface area contributed by atoms with Crippen molar-refractivity contribution in [2.45, 2.75) is 18.0 Å². The minimum Gasteiger partial charge on any atom is -0.748 e. The van der Waals surface area contributed by atoms with E-state index in [4.69, 9.17) is 13.6 Å². The summed E-state index contributed by atoms with van der Waals surface area (Å²) in [6.45, 7) is 0. The molecule has 0 saturated carbocycles. The minimum absolute atomic E-state index is 0.128. The summed E-state index contributed by atoms with van der Waals surface area (Å²) in [4.78, 5) is 11.7. The maximum Gasteiger partial charge on any atom is 0.438 e. The lowest BCUT2D eigenvalue weighted by Crippen LogP contribution is -2.63. The second kappa shape index (κ2) is 6.40. The molecule has 0 atom stereocenters. The summed E-state index contributed by atoms with van der Waals surface area (Å²) in [6.07, 6.45) is -12.9. The fourth-order valence-electron chi connectivity index (χ4n) is 1.64. The molecule has 0 aliphatic carbocycles. The Labute approximate surface area is 138 Å². The first-order chi connectivity index (χ1) is 11.0. The molecule has 2 radical (unpaired) electrons. The molecule has 0 spiro atoms. The molecular weight excluding hydrogens is 383 g/mol. The highest BCUT2D eigenvalue weighted by Gasteiger charge is 2.75. The Balaban J connectivity index is 3.46. The smallest absolute Gasteiger partial charge is 0.438 e. The van der Waals surface area contributed by atoms with Crippen molar-refractivity contribution in [2.75, 3.05) is 11.5 Å². The van der Waals surface area contributed by atoms with Gasteiger partial charge in [-0.3, -0.25) is 0 Å². The largest absolute Gasteiger partial charge is 0.748 e. The van der Waals surface area contributed by atoms with Crippen molar-refractivity contribution in [2.24, 2.45) is 0 Å². The van der Waals surface area contributed by atoms with Gasteiger partial charge in [0, 0.05) is 5.69 Å². The van der Waals surface area contributed by atoms with Crippen LogP contribution < -0.4 is 11.2 Å². The van der Waals surface area contributed by atoms with Gasteiger partial charge in [-0.15, -0.1) is 0 Å². The quantitative estimate of drug-likeness (QED) is 0.266. The van der Waals surface area contributed by atoms with Gasteiger partial charge in [-0.1, -0.05) is 11.5 Å². The molecule has 0 heterocycles. The highest BCUT2D eigenvalue weighted by molar-refractivity contribution is 7.85. The van der Waals surface area contributed by atoms with Crippen molar-refractivity contribution >= 4 is 35.1 Å². The van der Waals surface area contributed by atoms with E-state index in [-0.39, 0.29) is 11.2 Å². The van der Waals surface area contributed by atoms with Crippen molar-refractivity contribution in [3.05, 3.63) is 23.8 Å². The Bertz CT molecular complexity index is 762. The number of ether oxygens (including phenoxy) is 1. The van der Waals surface area contributed by atoms with Crippen molar-refractivity contribution in [3.8, 4) is 0 Å². The van der Waals surface area contributed by atoms with Crippen molar-refractivity contribution in [3.63, 3.8) is 0 Å². The van der Waals surface area contributed by atoms with Crippen LogP contribution in [0.3, 0.4) is 0 Å². The summed E-state index contributed by atoms with van der Waals surface area (Å²) < 4.78 is 113. The first kappa shape index (κ1) is 21.1. The van der Waals surface area contributed by atoms with Gasteiger partial charge in [0.05, 0.1) is 21.4 Å². The van der Waals surface area contributed by atoms with Crippen LogP contribution >= 0.6 is 0 Å². The van der Waals surface area contributed by atoms with Gasteiger partial charge in [0.1, 0.15) is 7.85 Å². The average molecular weight is 390 g/mol. The molecule has 2 N–H and O–H groups in total. The van der Waals surface area contributed by atoms with Crippen LogP contribution in [0.15, 0.2) is 18.2 Å². The second-order valence-corrected chi connectivity index (χ2v) is 6.16. The number of benzene rings is 1. The fourth-order valence-corrected chi connectivity index (χ4v) is 2.52. The number of anilines is 1. The molecule has 6 nitrogen and oxygen atoms in total. The molecule has 14 heteroatoms. The molecule has 0 amide bonds. The highest BCUT2D eigenvalue weighted by Crippen LogP contribution is 2.47. The van der Waals surface area contributed by atoms with Gasteiger partial charge in [-0.25, -0.2) is 13.2 Å². The van der Waals surface area contributed by atoms with Gasteiger partial charge in [0.15, 0.2) is 0 Å². The first-order valence-electron chi connectivity index (χ1n) is 5.95. The Hall–Kier alpha value is -1.96. The lowest BCUT2D eigenvalue weighted by Gasteiger charge is -2.36. The third-order valence-corrected chi connectivity index (χ3v) is 3.65. The van der Waals surface area contributed by atoms with Gasteiger partial charge in [0.25, 0.3) is 0 Å². The van der Waals surface area contributed by atoms with E-state index in [1.807, 2.05) is 0 Å². The van der Waals surface area contributed by atoms with E-state index in [2.05, 4.69) is 4.74 Å². The maximum atomic E-state index is 13.0. The topological polar surface area (TPSA) is 110 Å². The number of esters is 1. The van der Waals surface area contributed by atoms with E-state index < -0.39 is 45.4 Å². The normalized spacial score (nSPS) is 13.6. The lowest BCUT2D eigenvalue weighted by molar-refractivity contribution is -0.356. The second-order valence-electron chi connectivity index (χ2n) is 4.76. The standard InChI is InChI=1S/C11H8BF6NO5S/c12-6-3-5(1-2-7(6)19)8(20)24-9(10(13,14)15,11(16,17)18)4-25(21,22)23/h1-3H,4,19H2,(H,21,22,23)/p-1. The van der Waals surface area contributed by atoms with Crippen LogP contribution in [-0.4, -0.2) is 50.5 Å². The molecule has 0 aliphatic rings. The molecule has 0 saturated heterocycles. The number of halogens is 6. The van der Waals surface area contributed by atoms with Crippen LogP contribution in [0, 0.1) is 0 Å². The van der Waals surface area contributed by atoms with E-state index >= 15 is 0 Å². The monoisotopic (exact) mass is 390 g/mol. The summed E-state index contributed by atoms with van der Waals surface area (Å²) in [7, 11) is -0.830. The Morgan fingerprint density at radius 3 is 2.00 bits per heavy atom. The van der Waals surface area contributed by atoms with Crippen molar-refractivity contribution < 1.29 is 48.8 Å². The Morgan fingerprint density at radius 1 is 1.16 bits per heavy atom. The van der Waals surface area contributed by atoms with Gasteiger partial charge in [-0.2, -0.15) is 26.3 Å². The molecule has 1 rings (SSSR count). The van der Waals surface area contributed by atoms with Crippen LogP contribution in [0.25, 0.3) is 0 Å². The van der Waals surface area contributed by atoms with E-state index in [1.165, 1.54) is 0 Å². The molecule has 25 heavy (non-hydrogen) atoms. The number of hydrogen-bond acceptors (Lipinski definition) is 6. The van der Waals surface area contributed by atoms with Gasteiger partial charge in [-0.05, 0) is 12.1 Å². The van der Waals surface area contributed by atoms with Crippen LogP contribution in [0.2, 0.25) is 0 Å². The Kier molecular flexibility index (Phi) is 5.40. The number of nitrogens with two attached hydrogens (primary N) is 1. The van der Waals surface area contributed by atoms with Crippen LogP contribution in [0.1, 0.15) is 10.4 Å². The maximum absolute atomic E-state index is 13.0. The summed E-state index contributed by atoms with van der Waals surface area (Å²) in [5.74, 6) is -5.28. The Morgan fingerprint density at radius 2 is 1.64 bits per heavy atom. The van der Waals surface area contributed by atoms with E-state index in [9.17, 15) is 44.1 Å². The lowest BCUT2D eigenvalue weighted by atomic mass is 9.92. The average Bonchev–Trinajstić information content (AvgIpc) is 2.36. The summed E-state index contributed by atoms with van der Waals surface area (Å²) in [5.41, 5.74) is -1.61. The summed E-state index contributed by atoms with van der Waals surface area (Å²) >= 11 is 0. The van der Waals surface area contributed by atoms with Gasteiger partial charge >= 0.3 is 23.9 Å². The third kappa shape index (κ3) is 4.57. The SMILES string of the molecule is [B]c1cc(C(=O)OC(CS(=O)(=O)[O-])(C(F)(F)F)C(F)(F)F)ccc1N. The molecular formula is C11H7BF6NO5S-. The highest BCUT2D eigenvalue weighted by atomic mass is 32.2. The summed E-state index contributed by atoms with van der Waals surface area (Å²) in [5, 5.41) is 0. The predicted molar refractivity (Wildman–Crippen MR) is 71.1 cm³/mol. The van der Waals surface area contributed by atoms with E-state index in [0.717, 1.165) is 6.07 Å². The molecule has 1 aromatic rings. The van der Waals surface area contributed by atoms with Crippen LogP contribution in [0.4, 0.5) is 32.0 Å². The van der Waals surface area contributed by atoms with E-state index in [0.29, 0.717) is 12.1 Å².